The molecule has 2 heterocycles. The van der Waals surface area contributed by atoms with E-state index in [-0.39, 0.29) is 0 Å². The fourth-order valence-corrected chi connectivity index (χ4v) is 4.03. The number of aryl methyl sites for hydroxylation is 1. The van der Waals surface area contributed by atoms with Crippen LogP contribution in [0.4, 0.5) is 11.5 Å². The van der Waals surface area contributed by atoms with Crippen LogP contribution in [0.5, 0.6) is 0 Å². The van der Waals surface area contributed by atoms with Crippen molar-refractivity contribution in [2.75, 3.05) is 29.9 Å². The summed E-state index contributed by atoms with van der Waals surface area (Å²) in [6.45, 7) is 7.67. The van der Waals surface area contributed by atoms with E-state index >= 15 is 0 Å². The fourth-order valence-electron chi connectivity index (χ4n) is 3.81. The highest BCUT2D eigenvalue weighted by Crippen LogP contribution is 2.25. The van der Waals surface area contributed by atoms with Crippen molar-refractivity contribution < 1.29 is 0 Å². The van der Waals surface area contributed by atoms with E-state index in [1.54, 1.807) is 0 Å². The van der Waals surface area contributed by atoms with Crippen LogP contribution in [-0.4, -0.2) is 29.7 Å². The molecule has 1 aliphatic rings. The van der Waals surface area contributed by atoms with Gasteiger partial charge in [-0.2, -0.15) is 0 Å². The summed E-state index contributed by atoms with van der Waals surface area (Å²) in [6, 6.07) is 14.7. The molecule has 0 radical (unpaired) electrons. The lowest BCUT2D eigenvalue weighted by molar-refractivity contribution is 0.355. The second-order valence-electron chi connectivity index (χ2n) is 7.73. The summed E-state index contributed by atoms with van der Waals surface area (Å²) in [4.78, 5) is 7.03. The van der Waals surface area contributed by atoms with Crippen molar-refractivity contribution in [2.45, 2.75) is 33.1 Å². The van der Waals surface area contributed by atoms with Crippen LogP contribution in [-0.2, 0) is 6.42 Å². The molecule has 0 amide bonds. The Hall–Kier alpha value is -2.14. The van der Waals surface area contributed by atoms with Crippen molar-refractivity contribution in [1.29, 1.82) is 0 Å². The first-order valence-corrected chi connectivity index (χ1v) is 10.3. The number of benzene rings is 1. The molecule has 0 spiro atoms. The van der Waals surface area contributed by atoms with Crippen molar-refractivity contribution >= 4 is 28.8 Å². The molecule has 0 aliphatic carbocycles. The van der Waals surface area contributed by atoms with E-state index in [1.807, 2.05) is 12.3 Å². The van der Waals surface area contributed by atoms with Crippen molar-refractivity contribution in [3.8, 4) is 0 Å². The molecular formula is C22H30N4S. The summed E-state index contributed by atoms with van der Waals surface area (Å²) in [5.74, 6) is 2.50. The maximum atomic E-state index is 5.39. The number of aromatic nitrogens is 1. The zero-order valence-corrected chi connectivity index (χ0v) is 17.1. The number of hydrogen-bond acceptors (Lipinski definition) is 3. The molecule has 1 fully saturated rings. The van der Waals surface area contributed by atoms with E-state index in [9.17, 15) is 0 Å². The molecule has 2 aromatic rings. The fraction of sp³-hybridized carbons (Fsp3) is 0.455. The largest absolute Gasteiger partial charge is 0.362 e. The zero-order chi connectivity index (χ0) is 19.1. The average molecular weight is 383 g/mol. The second-order valence-corrected chi connectivity index (χ2v) is 8.13. The average Bonchev–Trinajstić information content (AvgIpc) is 2.66. The normalized spacial score (nSPS) is 19.6. The summed E-state index contributed by atoms with van der Waals surface area (Å²) < 4.78 is 0. The Morgan fingerprint density at radius 2 is 1.85 bits per heavy atom. The van der Waals surface area contributed by atoms with Gasteiger partial charge in [0, 0.05) is 19.6 Å². The van der Waals surface area contributed by atoms with Gasteiger partial charge in [-0.05, 0) is 61.0 Å². The topological polar surface area (TPSA) is 40.2 Å². The van der Waals surface area contributed by atoms with Crippen LogP contribution in [0.25, 0.3) is 0 Å². The summed E-state index contributed by atoms with van der Waals surface area (Å²) in [5, 5.41) is 7.15. The molecule has 5 heteroatoms. The maximum Gasteiger partial charge on any atom is 0.170 e. The molecule has 1 aromatic carbocycles. The Bertz CT molecular complexity index is 707. The quantitative estimate of drug-likeness (QED) is 0.569. The molecule has 4 nitrogen and oxygen atoms in total. The van der Waals surface area contributed by atoms with Crippen molar-refractivity contribution in [1.82, 2.24) is 10.3 Å². The molecule has 2 atom stereocenters. The number of pyridine rings is 1. The van der Waals surface area contributed by atoms with Gasteiger partial charge in [-0.25, -0.2) is 4.98 Å². The number of anilines is 2. The van der Waals surface area contributed by atoms with Gasteiger partial charge >= 0.3 is 0 Å². The van der Waals surface area contributed by atoms with Crippen LogP contribution in [0, 0.1) is 11.8 Å². The number of rotatable bonds is 6. The lowest BCUT2D eigenvalue weighted by atomic mass is 9.92. The molecule has 2 unspecified atom stereocenters. The second kappa shape index (κ2) is 9.70. The Balaban J connectivity index is 1.41. The molecule has 3 rings (SSSR count). The number of hydrogen-bond donors (Lipinski definition) is 2. The highest BCUT2D eigenvalue weighted by Gasteiger charge is 2.22. The minimum Gasteiger partial charge on any atom is -0.362 e. The van der Waals surface area contributed by atoms with Crippen LogP contribution < -0.4 is 15.5 Å². The van der Waals surface area contributed by atoms with E-state index < -0.39 is 0 Å². The van der Waals surface area contributed by atoms with E-state index in [2.05, 4.69) is 70.8 Å². The minimum absolute atomic E-state index is 0.651. The van der Waals surface area contributed by atoms with Gasteiger partial charge in [-0.3, -0.25) is 0 Å². The molecule has 1 aliphatic heterocycles. The third kappa shape index (κ3) is 6.21. The molecule has 1 aromatic heterocycles. The lowest BCUT2D eigenvalue weighted by Crippen LogP contribution is -2.39. The molecule has 2 N–H and O–H groups in total. The van der Waals surface area contributed by atoms with Crippen molar-refractivity contribution in [2.24, 2.45) is 11.8 Å². The predicted octanol–water partition coefficient (Wildman–Crippen LogP) is 4.48. The molecule has 144 valence electrons. The maximum absolute atomic E-state index is 5.39. The SMILES string of the molecule is CC1CC(C)CN(c2ccc(NC(=S)NCCCc3ccccc3)cn2)C1. The minimum atomic E-state index is 0.651. The Kier molecular flexibility index (Phi) is 7.04. The van der Waals surface area contributed by atoms with Gasteiger partial charge in [-0.15, -0.1) is 0 Å². The Morgan fingerprint density at radius 3 is 2.52 bits per heavy atom. The summed E-state index contributed by atoms with van der Waals surface area (Å²) >= 11 is 5.39. The molecule has 27 heavy (non-hydrogen) atoms. The predicted molar refractivity (Wildman–Crippen MR) is 118 cm³/mol. The monoisotopic (exact) mass is 382 g/mol. The summed E-state index contributed by atoms with van der Waals surface area (Å²) in [7, 11) is 0. The number of thiocarbonyl (C=S) groups is 1. The van der Waals surface area contributed by atoms with Crippen LogP contribution in [0.2, 0.25) is 0 Å². The van der Waals surface area contributed by atoms with Crippen LogP contribution in [0.1, 0.15) is 32.3 Å². The smallest absolute Gasteiger partial charge is 0.170 e. The number of nitrogens with zero attached hydrogens (tertiary/aromatic N) is 2. The Labute approximate surface area is 168 Å². The van der Waals surface area contributed by atoms with Crippen molar-refractivity contribution in [3.05, 3.63) is 54.2 Å². The molecule has 0 bridgehead atoms. The third-order valence-corrected chi connectivity index (χ3v) is 5.22. The van der Waals surface area contributed by atoms with Gasteiger partial charge in [0.15, 0.2) is 5.11 Å². The number of nitrogens with one attached hydrogen (secondary N) is 2. The summed E-state index contributed by atoms with van der Waals surface area (Å²) in [5.41, 5.74) is 2.29. The van der Waals surface area contributed by atoms with Crippen molar-refractivity contribution in [3.63, 3.8) is 0 Å². The Morgan fingerprint density at radius 1 is 1.11 bits per heavy atom. The zero-order valence-electron chi connectivity index (χ0n) is 16.3. The highest BCUT2D eigenvalue weighted by molar-refractivity contribution is 7.80. The highest BCUT2D eigenvalue weighted by atomic mass is 32.1. The first-order valence-electron chi connectivity index (χ1n) is 9.90. The summed E-state index contributed by atoms with van der Waals surface area (Å²) in [6.07, 6.45) is 5.28. The van der Waals surface area contributed by atoms with Gasteiger partial charge in [0.2, 0.25) is 0 Å². The first kappa shape index (κ1) is 19.6. The molecule has 0 saturated carbocycles. The van der Waals surface area contributed by atoms with Gasteiger partial charge in [-0.1, -0.05) is 44.2 Å². The molecular weight excluding hydrogens is 352 g/mol. The van der Waals surface area contributed by atoms with E-state index in [0.717, 1.165) is 55.8 Å². The molecule has 1 saturated heterocycles. The lowest BCUT2D eigenvalue weighted by Gasteiger charge is -2.35. The van der Waals surface area contributed by atoms with E-state index in [0.29, 0.717) is 5.11 Å². The first-order chi connectivity index (χ1) is 13.1. The standard InChI is InChI=1S/C22H30N4S/c1-17-13-18(2)16-26(15-17)21-11-10-20(14-24-21)25-22(27)23-12-6-9-19-7-4-3-5-8-19/h3-5,7-8,10-11,14,17-18H,6,9,12-13,15-16H2,1-2H3,(H2,23,25,27). The van der Waals surface area contributed by atoms with Crippen LogP contribution in [0.3, 0.4) is 0 Å². The van der Waals surface area contributed by atoms with Crippen LogP contribution >= 0.6 is 12.2 Å². The number of piperidine rings is 1. The van der Waals surface area contributed by atoms with E-state index in [4.69, 9.17) is 12.2 Å². The van der Waals surface area contributed by atoms with Gasteiger partial charge in [0.05, 0.1) is 11.9 Å². The van der Waals surface area contributed by atoms with Gasteiger partial charge < -0.3 is 15.5 Å². The van der Waals surface area contributed by atoms with Gasteiger partial charge in [0.25, 0.3) is 0 Å². The van der Waals surface area contributed by atoms with Gasteiger partial charge in [0.1, 0.15) is 5.82 Å². The van der Waals surface area contributed by atoms with Crippen LogP contribution in [0.15, 0.2) is 48.7 Å². The third-order valence-electron chi connectivity index (χ3n) is 4.97. The van der Waals surface area contributed by atoms with E-state index in [1.165, 1.54) is 12.0 Å².